The Morgan fingerprint density at radius 3 is 3.00 bits per heavy atom. The molecule has 0 fully saturated rings. The van der Waals surface area contributed by atoms with Gasteiger partial charge in [-0.3, -0.25) is 4.79 Å². The lowest BCUT2D eigenvalue weighted by Gasteiger charge is -1.99. The highest BCUT2D eigenvalue weighted by Gasteiger charge is 2.02. The van der Waals surface area contributed by atoms with Gasteiger partial charge in [-0.1, -0.05) is 19.1 Å². The summed E-state index contributed by atoms with van der Waals surface area (Å²) in [4.78, 5) is 18.5. The fourth-order valence-corrected chi connectivity index (χ4v) is 1.40. The number of aromatic amines is 1. The molecule has 4 nitrogen and oxygen atoms in total. The van der Waals surface area contributed by atoms with Crippen molar-refractivity contribution in [3.8, 4) is 0 Å². The monoisotopic (exact) mass is 216 g/mol. The lowest BCUT2D eigenvalue weighted by atomic mass is 10.2. The van der Waals surface area contributed by atoms with Gasteiger partial charge in [-0.2, -0.15) is 0 Å². The Bertz CT molecular complexity index is 599. The summed E-state index contributed by atoms with van der Waals surface area (Å²) in [5.41, 5.74) is 1.34. The molecule has 4 heteroatoms. The SMILES string of the molecule is CCC(O)=Cc1nc2ccccc2[nH]c1=O. The molecule has 0 amide bonds. The van der Waals surface area contributed by atoms with Crippen molar-refractivity contribution in [3.05, 3.63) is 46.1 Å². The summed E-state index contributed by atoms with van der Waals surface area (Å²) in [7, 11) is 0. The third-order valence-corrected chi connectivity index (χ3v) is 2.29. The molecule has 1 aromatic heterocycles. The fraction of sp³-hybridized carbons (Fsp3) is 0.167. The molecular weight excluding hydrogens is 204 g/mol. The number of H-pyrrole nitrogens is 1. The molecule has 0 bridgehead atoms. The van der Waals surface area contributed by atoms with E-state index >= 15 is 0 Å². The third-order valence-electron chi connectivity index (χ3n) is 2.29. The standard InChI is InChI=1S/C12H12N2O2/c1-2-8(15)7-11-12(16)14-10-6-4-3-5-9(10)13-11/h3-7,15H,2H2,1H3,(H,14,16). The van der Waals surface area contributed by atoms with Gasteiger partial charge >= 0.3 is 0 Å². The van der Waals surface area contributed by atoms with Gasteiger partial charge < -0.3 is 10.1 Å². The molecule has 0 saturated carbocycles. The molecule has 2 aromatic rings. The van der Waals surface area contributed by atoms with Crippen LogP contribution < -0.4 is 5.56 Å². The summed E-state index contributed by atoms with van der Waals surface area (Å²) >= 11 is 0. The van der Waals surface area contributed by atoms with E-state index in [-0.39, 0.29) is 17.0 Å². The molecule has 1 aromatic carbocycles. The summed E-state index contributed by atoms with van der Waals surface area (Å²) in [6.07, 6.45) is 1.87. The quantitative estimate of drug-likeness (QED) is 0.756. The fourth-order valence-electron chi connectivity index (χ4n) is 1.40. The predicted molar refractivity (Wildman–Crippen MR) is 63.3 cm³/mol. The maximum absolute atomic E-state index is 11.6. The molecule has 1 heterocycles. The number of aliphatic hydroxyl groups is 1. The van der Waals surface area contributed by atoms with E-state index in [2.05, 4.69) is 9.97 Å². The molecule has 0 unspecified atom stereocenters. The molecule has 2 N–H and O–H groups in total. The topological polar surface area (TPSA) is 66.0 Å². The van der Waals surface area contributed by atoms with Crippen LogP contribution in [0.15, 0.2) is 34.8 Å². The van der Waals surface area contributed by atoms with Gasteiger partial charge in [-0.25, -0.2) is 4.98 Å². The lowest BCUT2D eigenvalue weighted by molar-refractivity contribution is 0.400. The number of hydrogen-bond acceptors (Lipinski definition) is 3. The number of para-hydroxylation sites is 2. The van der Waals surface area contributed by atoms with Gasteiger partial charge in [0, 0.05) is 12.5 Å². The second kappa shape index (κ2) is 4.18. The number of aliphatic hydroxyl groups excluding tert-OH is 1. The van der Waals surface area contributed by atoms with Crippen LogP contribution in [0.5, 0.6) is 0 Å². The number of aromatic nitrogens is 2. The van der Waals surface area contributed by atoms with E-state index in [1.54, 1.807) is 13.0 Å². The third kappa shape index (κ3) is 1.95. The minimum Gasteiger partial charge on any atom is -0.512 e. The normalized spacial score (nSPS) is 11.9. The molecule has 0 saturated heterocycles. The molecule has 0 atom stereocenters. The number of nitrogens with one attached hydrogen (secondary N) is 1. The highest BCUT2D eigenvalue weighted by atomic mass is 16.3. The van der Waals surface area contributed by atoms with Crippen LogP contribution in [0.25, 0.3) is 17.1 Å². The van der Waals surface area contributed by atoms with Crippen LogP contribution in [0.3, 0.4) is 0 Å². The van der Waals surface area contributed by atoms with E-state index in [4.69, 9.17) is 0 Å². The number of allylic oxidation sites excluding steroid dienone is 1. The van der Waals surface area contributed by atoms with E-state index in [1.807, 2.05) is 18.2 Å². The van der Waals surface area contributed by atoms with Gasteiger partial charge in [-0.15, -0.1) is 0 Å². The van der Waals surface area contributed by atoms with Crippen LogP contribution in [0.2, 0.25) is 0 Å². The Labute approximate surface area is 92.3 Å². The molecule has 2 rings (SSSR count). The van der Waals surface area contributed by atoms with Crippen LogP contribution in [-0.2, 0) is 0 Å². The average molecular weight is 216 g/mol. The number of hydrogen-bond donors (Lipinski definition) is 2. The first-order chi connectivity index (χ1) is 7.70. The Morgan fingerprint density at radius 1 is 1.50 bits per heavy atom. The van der Waals surface area contributed by atoms with Crippen molar-refractivity contribution < 1.29 is 5.11 Å². The smallest absolute Gasteiger partial charge is 0.274 e. The summed E-state index contributed by atoms with van der Waals surface area (Å²) in [6.45, 7) is 1.81. The maximum atomic E-state index is 11.6. The molecule has 0 spiro atoms. The number of fused-ring (bicyclic) bond motifs is 1. The van der Waals surface area contributed by atoms with Gasteiger partial charge in [0.15, 0.2) is 0 Å². The average Bonchev–Trinajstić information content (AvgIpc) is 2.30. The highest BCUT2D eigenvalue weighted by molar-refractivity contribution is 5.74. The first kappa shape index (κ1) is 10.4. The Balaban J connectivity index is 2.63. The minimum absolute atomic E-state index is 0.147. The van der Waals surface area contributed by atoms with E-state index in [0.717, 1.165) is 0 Å². The summed E-state index contributed by atoms with van der Waals surface area (Å²) in [5, 5.41) is 9.38. The van der Waals surface area contributed by atoms with Crippen molar-refractivity contribution >= 4 is 17.1 Å². The largest absolute Gasteiger partial charge is 0.512 e. The van der Waals surface area contributed by atoms with Crippen LogP contribution in [-0.4, -0.2) is 15.1 Å². The minimum atomic E-state index is -0.293. The van der Waals surface area contributed by atoms with Gasteiger partial charge in [0.1, 0.15) is 5.69 Å². The van der Waals surface area contributed by atoms with E-state index in [1.165, 1.54) is 6.08 Å². The van der Waals surface area contributed by atoms with Gasteiger partial charge in [0.2, 0.25) is 0 Å². The van der Waals surface area contributed by atoms with Crippen molar-refractivity contribution in [2.75, 3.05) is 0 Å². The lowest BCUT2D eigenvalue weighted by Crippen LogP contribution is -2.12. The van der Waals surface area contributed by atoms with Crippen LogP contribution in [0.1, 0.15) is 19.0 Å². The molecule has 16 heavy (non-hydrogen) atoms. The van der Waals surface area contributed by atoms with Gasteiger partial charge in [0.25, 0.3) is 5.56 Å². The van der Waals surface area contributed by atoms with E-state index in [0.29, 0.717) is 17.5 Å². The molecule has 0 aliphatic heterocycles. The van der Waals surface area contributed by atoms with Crippen molar-refractivity contribution in [2.24, 2.45) is 0 Å². The van der Waals surface area contributed by atoms with Gasteiger partial charge in [-0.05, 0) is 12.1 Å². The second-order valence-corrected chi connectivity index (χ2v) is 3.46. The zero-order valence-corrected chi connectivity index (χ0v) is 8.90. The first-order valence-electron chi connectivity index (χ1n) is 5.09. The predicted octanol–water partition coefficient (Wildman–Crippen LogP) is 2.23. The van der Waals surface area contributed by atoms with Gasteiger partial charge in [0.05, 0.1) is 16.8 Å². The van der Waals surface area contributed by atoms with Crippen molar-refractivity contribution in [3.63, 3.8) is 0 Å². The van der Waals surface area contributed by atoms with Crippen molar-refractivity contribution in [1.82, 2.24) is 9.97 Å². The van der Waals surface area contributed by atoms with Crippen LogP contribution >= 0.6 is 0 Å². The zero-order chi connectivity index (χ0) is 11.5. The summed E-state index contributed by atoms with van der Waals surface area (Å²) in [6, 6.07) is 7.28. The molecule has 0 radical (unpaired) electrons. The molecule has 0 aliphatic rings. The Morgan fingerprint density at radius 2 is 2.25 bits per heavy atom. The second-order valence-electron chi connectivity index (χ2n) is 3.46. The summed E-state index contributed by atoms with van der Waals surface area (Å²) < 4.78 is 0. The van der Waals surface area contributed by atoms with Crippen molar-refractivity contribution in [2.45, 2.75) is 13.3 Å². The van der Waals surface area contributed by atoms with E-state index in [9.17, 15) is 9.90 Å². The Kier molecular flexibility index (Phi) is 2.72. The number of nitrogens with zero attached hydrogens (tertiary/aromatic N) is 1. The molecular formula is C12H12N2O2. The number of benzene rings is 1. The highest BCUT2D eigenvalue weighted by Crippen LogP contribution is 2.08. The number of rotatable bonds is 2. The van der Waals surface area contributed by atoms with E-state index < -0.39 is 0 Å². The van der Waals surface area contributed by atoms with Crippen molar-refractivity contribution in [1.29, 1.82) is 0 Å². The first-order valence-corrected chi connectivity index (χ1v) is 5.09. The maximum Gasteiger partial charge on any atom is 0.274 e. The summed E-state index contributed by atoms with van der Waals surface area (Å²) in [5.74, 6) is 0.147. The van der Waals surface area contributed by atoms with Crippen LogP contribution in [0, 0.1) is 0 Å². The zero-order valence-electron chi connectivity index (χ0n) is 8.90. The molecule has 0 aliphatic carbocycles. The molecule has 82 valence electrons. The Hall–Kier alpha value is -2.10. The van der Waals surface area contributed by atoms with Crippen LogP contribution in [0.4, 0.5) is 0 Å².